The highest BCUT2D eigenvalue weighted by molar-refractivity contribution is 5.93. The molecule has 0 fully saturated rings. The van der Waals surface area contributed by atoms with E-state index in [9.17, 15) is 4.79 Å². The summed E-state index contributed by atoms with van der Waals surface area (Å²) >= 11 is 0. The highest BCUT2D eigenvalue weighted by atomic mass is 16.2. The van der Waals surface area contributed by atoms with Crippen molar-refractivity contribution in [2.24, 2.45) is 7.05 Å². The fourth-order valence-corrected chi connectivity index (χ4v) is 2.45. The molecule has 0 aliphatic heterocycles. The number of nitrogens with one attached hydrogen (secondary N) is 1. The van der Waals surface area contributed by atoms with E-state index in [1.165, 1.54) is 0 Å². The molecule has 1 unspecified atom stereocenters. The van der Waals surface area contributed by atoms with Crippen molar-refractivity contribution in [2.75, 3.05) is 0 Å². The molecule has 1 amide bonds. The van der Waals surface area contributed by atoms with E-state index in [2.05, 4.69) is 10.3 Å². The van der Waals surface area contributed by atoms with Crippen LogP contribution in [-0.4, -0.2) is 20.0 Å². The third kappa shape index (κ3) is 3.09. The number of hydrogen-bond acceptors (Lipinski definition) is 2. The Labute approximate surface area is 129 Å². The lowest BCUT2D eigenvalue weighted by atomic mass is 10.1. The molecule has 1 atom stereocenters. The number of amides is 1. The van der Waals surface area contributed by atoms with E-state index in [4.69, 9.17) is 0 Å². The van der Waals surface area contributed by atoms with Gasteiger partial charge in [0.1, 0.15) is 5.69 Å². The Morgan fingerprint density at radius 1 is 1.18 bits per heavy atom. The van der Waals surface area contributed by atoms with Crippen molar-refractivity contribution < 1.29 is 4.79 Å². The first-order valence-electron chi connectivity index (χ1n) is 7.17. The van der Waals surface area contributed by atoms with Gasteiger partial charge in [-0.1, -0.05) is 30.3 Å². The normalized spacial score (nSPS) is 12.0. The number of aromatic nitrogens is 3. The predicted molar refractivity (Wildman–Crippen MR) is 84.3 cm³/mol. The summed E-state index contributed by atoms with van der Waals surface area (Å²) < 4.78 is 3.78. The van der Waals surface area contributed by atoms with Crippen molar-refractivity contribution in [3.8, 4) is 0 Å². The van der Waals surface area contributed by atoms with Crippen molar-refractivity contribution in [3.05, 3.63) is 78.6 Å². The molecule has 3 rings (SSSR count). The second-order valence-corrected chi connectivity index (χ2v) is 5.20. The topological polar surface area (TPSA) is 51.9 Å². The molecule has 3 aromatic rings. The van der Waals surface area contributed by atoms with Crippen LogP contribution in [0.25, 0.3) is 0 Å². The van der Waals surface area contributed by atoms with Crippen LogP contribution in [0.4, 0.5) is 0 Å². The lowest BCUT2D eigenvalue weighted by Gasteiger charge is -2.20. The van der Waals surface area contributed by atoms with E-state index < -0.39 is 0 Å². The SMILES string of the molecule is Cn1cccc1C(=O)NC(Cn1ccnc1)c1ccccc1. The smallest absolute Gasteiger partial charge is 0.268 e. The van der Waals surface area contributed by atoms with E-state index in [1.54, 1.807) is 12.5 Å². The largest absolute Gasteiger partial charge is 0.347 e. The zero-order chi connectivity index (χ0) is 15.4. The third-order valence-electron chi connectivity index (χ3n) is 3.64. The van der Waals surface area contributed by atoms with Crippen LogP contribution in [0.5, 0.6) is 0 Å². The second-order valence-electron chi connectivity index (χ2n) is 5.20. The monoisotopic (exact) mass is 294 g/mol. The van der Waals surface area contributed by atoms with Gasteiger partial charge in [-0.15, -0.1) is 0 Å². The van der Waals surface area contributed by atoms with Gasteiger partial charge in [0.15, 0.2) is 0 Å². The zero-order valence-corrected chi connectivity index (χ0v) is 12.4. The molecule has 5 heteroatoms. The Kier molecular flexibility index (Phi) is 4.05. The number of carbonyl (C=O) groups excluding carboxylic acids is 1. The Morgan fingerprint density at radius 2 is 2.00 bits per heavy atom. The summed E-state index contributed by atoms with van der Waals surface area (Å²) in [5.41, 5.74) is 1.71. The van der Waals surface area contributed by atoms with Crippen LogP contribution >= 0.6 is 0 Å². The molecular weight excluding hydrogens is 276 g/mol. The van der Waals surface area contributed by atoms with Gasteiger partial charge in [-0.3, -0.25) is 4.79 Å². The predicted octanol–water partition coefficient (Wildman–Crippen LogP) is 2.39. The first-order chi connectivity index (χ1) is 10.7. The number of aryl methyl sites for hydroxylation is 1. The molecule has 0 spiro atoms. The zero-order valence-electron chi connectivity index (χ0n) is 12.4. The fourth-order valence-electron chi connectivity index (χ4n) is 2.45. The van der Waals surface area contributed by atoms with Crippen molar-refractivity contribution >= 4 is 5.91 Å². The lowest BCUT2D eigenvalue weighted by molar-refractivity contribution is 0.0924. The minimum Gasteiger partial charge on any atom is -0.347 e. The van der Waals surface area contributed by atoms with Crippen LogP contribution in [0.3, 0.4) is 0 Å². The molecule has 0 aliphatic carbocycles. The number of nitrogens with zero attached hydrogens (tertiary/aromatic N) is 3. The van der Waals surface area contributed by atoms with Gasteiger partial charge in [-0.25, -0.2) is 4.98 Å². The van der Waals surface area contributed by atoms with Gasteiger partial charge in [-0.05, 0) is 17.7 Å². The van der Waals surface area contributed by atoms with Crippen LogP contribution in [0, 0.1) is 0 Å². The summed E-state index contributed by atoms with van der Waals surface area (Å²) in [5, 5.41) is 3.11. The van der Waals surface area contributed by atoms with Gasteiger partial charge in [0.25, 0.3) is 5.91 Å². The van der Waals surface area contributed by atoms with Gasteiger partial charge >= 0.3 is 0 Å². The summed E-state index contributed by atoms with van der Waals surface area (Å²) in [7, 11) is 1.86. The van der Waals surface area contributed by atoms with E-state index in [-0.39, 0.29) is 11.9 Å². The molecule has 5 nitrogen and oxygen atoms in total. The Hall–Kier alpha value is -2.82. The first kappa shape index (κ1) is 14.1. The number of hydrogen-bond donors (Lipinski definition) is 1. The summed E-state index contributed by atoms with van der Waals surface area (Å²) in [5.74, 6) is -0.0820. The number of carbonyl (C=O) groups is 1. The highest BCUT2D eigenvalue weighted by Crippen LogP contribution is 2.16. The number of rotatable bonds is 5. The lowest BCUT2D eigenvalue weighted by Crippen LogP contribution is -2.32. The van der Waals surface area contributed by atoms with Crippen LogP contribution in [0.1, 0.15) is 22.1 Å². The van der Waals surface area contributed by atoms with Crippen molar-refractivity contribution in [2.45, 2.75) is 12.6 Å². The summed E-state index contributed by atoms with van der Waals surface area (Å²) in [6, 6.07) is 13.5. The van der Waals surface area contributed by atoms with Crippen molar-refractivity contribution in [1.29, 1.82) is 0 Å². The minimum atomic E-state index is -0.113. The molecule has 0 bridgehead atoms. The van der Waals surface area contributed by atoms with E-state index >= 15 is 0 Å². The maximum Gasteiger partial charge on any atom is 0.268 e. The summed E-state index contributed by atoms with van der Waals surface area (Å²) in [6.45, 7) is 0.639. The van der Waals surface area contributed by atoms with Crippen LogP contribution in [0.15, 0.2) is 67.4 Å². The van der Waals surface area contributed by atoms with Gasteiger partial charge < -0.3 is 14.5 Å². The van der Waals surface area contributed by atoms with E-state index in [0.717, 1.165) is 5.56 Å². The standard InChI is InChI=1S/C17H18N4O/c1-20-10-5-8-16(20)17(22)19-15(12-21-11-9-18-13-21)14-6-3-2-4-7-14/h2-11,13,15H,12H2,1H3,(H,19,22). The third-order valence-corrected chi connectivity index (χ3v) is 3.64. The fraction of sp³-hybridized carbons (Fsp3) is 0.176. The molecule has 0 saturated heterocycles. The van der Waals surface area contributed by atoms with E-state index in [0.29, 0.717) is 12.2 Å². The quantitative estimate of drug-likeness (QED) is 0.785. The minimum absolute atomic E-state index is 0.0820. The Morgan fingerprint density at radius 3 is 2.64 bits per heavy atom. The molecule has 1 N–H and O–H groups in total. The first-order valence-corrected chi connectivity index (χ1v) is 7.17. The molecule has 1 aromatic carbocycles. The molecule has 2 aromatic heterocycles. The van der Waals surface area contributed by atoms with Crippen LogP contribution < -0.4 is 5.32 Å². The summed E-state index contributed by atoms with van der Waals surface area (Å²) in [6.07, 6.45) is 7.25. The second kappa shape index (κ2) is 6.30. The van der Waals surface area contributed by atoms with Crippen LogP contribution in [-0.2, 0) is 13.6 Å². The van der Waals surface area contributed by atoms with Crippen molar-refractivity contribution in [3.63, 3.8) is 0 Å². The number of imidazole rings is 1. The number of benzene rings is 1. The Balaban J connectivity index is 1.82. The van der Waals surface area contributed by atoms with Crippen LogP contribution in [0.2, 0.25) is 0 Å². The Bertz CT molecular complexity index is 731. The van der Waals surface area contributed by atoms with Gasteiger partial charge in [0.2, 0.25) is 0 Å². The molecular formula is C17H18N4O. The van der Waals surface area contributed by atoms with Gasteiger partial charge in [0.05, 0.1) is 12.4 Å². The van der Waals surface area contributed by atoms with Crippen molar-refractivity contribution in [1.82, 2.24) is 19.4 Å². The maximum absolute atomic E-state index is 12.5. The molecule has 22 heavy (non-hydrogen) atoms. The average Bonchev–Trinajstić information content (AvgIpc) is 3.19. The van der Waals surface area contributed by atoms with Gasteiger partial charge in [-0.2, -0.15) is 0 Å². The molecule has 2 heterocycles. The average molecular weight is 294 g/mol. The van der Waals surface area contributed by atoms with Gasteiger partial charge in [0, 0.05) is 32.2 Å². The highest BCUT2D eigenvalue weighted by Gasteiger charge is 2.17. The molecule has 0 saturated carbocycles. The maximum atomic E-state index is 12.5. The molecule has 0 radical (unpaired) electrons. The van der Waals surface area contributed by atoms with E-state index in [1.807, 2.05) is 71.0 Å². The summed E-state index contributed by atoms with van der Waals surface area (Å²) in [4.78, 5) is 16.5. The molecule has 0 aliphatic rings. The molecule has 112 valence electrons.